The van der Waals surface area contributed by atoms with Gasteiger partial charge in [0.1, 0.15) is 11.4 Å². The summed E-state index contributed by atoms with van der Waals surface area (Å²) >= 11 is 0. The second kappa shape index (κ2) is 9.95. The minimum Gasteiger partial charge on any atom is -0.490 e. The van der Waals surface area contributed by atoms with Gasteiger partial charge in [-0.05, 0) is 86.5 Å². The van der Waals surface area contributed by atoms with Gasteiger partial charge in [-0.2, -0.15) is 0 Å². The number of phosphoric acid groups is 1. The van der Waals surface area contributed by atoms with Gasteiger partial charge in [-0.25, -0.2) is 9.36 Å². The van der Waals surface area contributed by atoms with E-state index in [1.807, 2.05) is 12.1 Å². The highest BCUT2D eigenvalue weighted by Crippen LogP contribution is 2.42. The highest BCUT2D eigenvalue weighted by atomic mass is 31.2. The van der Waals surface area contributed by atoms with Crippen molar-refractivity contribution in [2.24, 2.45) is 23.0 Å². The summed E-state index contributed by atoms with van der Waals surface area (Å²) in [5.41, 5.74) is 6.62. The summed E-state index contributed by atoms with van der Waals surface area (Å²) in [7, 11) is -4.71. The van der Waals surface area contributed by atoms with Gasteiger partial charge < -0.3 is 25.0 Å². The monoisotopic (exact) mass is 483 g/mol. The third kappa shape index (κ3) is 7.19. The molecule has 4 N–H and O–H groups in total. The van der Waals surface area contributed by atoms with Crippen molar-refractivity contribution in [2.75, 3.05) is 6.61 Å². The Morgan fingerprint density at radius 2 is 1.73 bits per heavy atom. The maximum Gasteiger partial charge on any atom is 0.469 e. The molecule has 8 nitrogen and oxygen atoms in total. The lowest BCUT2D eigenvalue weighted by Crippen LogP contribution is -2.47. The van der Waals surface area contributed by atoms with Crippen LogP contribution in [-0.4, -0.2) is 34.2 Å². The molecule has 33 heavy (non-hydrogen) atoms. The van der Waals surface area contributed by atoms with E-state index in [0.29, 0.717) is 18.3 Å². The van der Waals surface area contributed by atoms with Crippen LogP contribution >= 0.6 is 7.82 Å². The molecule has 0 radical (unpaired) electrons. The van der Waals surface area contributed by atoms with Crippen molar-refractivity contribution < 1.29 is 33.1 Å². The molecule has 0 unspecified atom stereocenters. The molecule has 0 bridgehead atoms. The van der Waals surface area contributed by atoms with E-state index in [-0.39, 0.29) is 12.0 Å². The molecule has 0 saturated heterocycles. The van der Waals surface area contributed by atoms with Crippen LogP contribution in [0.25, 0.3) is 0 Å². The summed E-state index contributed by atoms with van der Waals surface area (Å²) in [6.45, 7) is 8.11. The van der Waals surface area contributed by atoms with Crippen LogP contribution in [0.2, 0.25) is 0 Å². The average Bonchev–Trinajstić information content (AvgIpc) is 2.71. The van der Waals surface area contributed by atoms with Crippen molar-refractivity contribution >= 4 is 13.9 Å². The summed E-state index contributed by atoms with van der Waals surface area (Å²) in [6, 6.07) is 6.11. The van der Waals surface area contributed by atoms with E-state index in [1.54, 1.807) is 6.92 Å². The van der Waals surface area contributed by atoms with Gasteiger partial charge in [0, 0.05) is 5.92 Å². The van der Waals surface area contributed by atoms with Gasteiger partial charge in [0.05, 0.1) is 12.7 Å². The molecule has 3 rings (SSSR count). The zero-order valence-electron chi connectivity index (χ0n) is 20.1. The third-order valence-electron chi connectivity index (χ3n) is 7.32. The number of hydrogen-bond donors (Lipinski definition) is 3. The Balaban J connectivity index is 1.64. The summed E-state index contributed by atoms with van der Waals surface area (Å²) in [5.74, 6) is 1.43. The molecular weight excluding hydrogens is 445 g/mol. The summed E-state index contributed by atoms with van der Waals surface area (Å²) in [6.07, 6.45) is 5.76. The van der Waals surface area contributed by atoms with Crippen LogP contribution in [0.3, 0.4) is 0 Å². The highest BCUT2D eigenvalue weighted by molar-refractivity contribution is 7.46. The number of nitrogens with two attached hydrogens (primary N) is 1. The van der Waals surface area contributed by atoms with E-state index < -0.39 is 26.1 Å². The standard InChI is InChI=1S/C24H38NO7P/c1-23(2,3)18-8-11-20(12-9-18)31-21-10-6-16-13-19(7-5-17(16)14-21)24(4,32-22(25)26)15-30-33(27,28)29/h6,10,14,18-20H,5,7-9,11-13,15H2,1-4H3,(H2,25,26)(H2,27,28,29)/t18?,19-,20?,24+/m1/s1. The van der Waals surface area contributed by atoms with Crippen molar-refractivity contribution in [2.45, 2.75) is 84.3 Å². The Hall–Kier alpha value is -1.60. The zero-order valence-corrected chi connectivity index (χ0v) is 21.0. The molecule has 1 saturated carbocycles. The van der Waals surface area contributed by atoms with Crippen molar-refractivity contribution in [3.63, 3.8) is 0 Å². The molecule has 1 amide bonds. The number of amides is 1. The number of phosphoric ester groups is 1. The topological polar surface area (TPSA) is 128 Å². The van der Waals surface area contributed by atoms with E-state index in [0.717, 1.165) is 36.5 Å². The lowest BCUT2D eigenvalue weighted by Gasteiger charge is -2.39. The second-order valence-electron chi connectivity index (χ2n) is 10.8. The number of ether oxygens (including phenoxy) is 2. The van der Waals surface area contributed by atoms with E-state index in [9.17, 15) is 9.36 Å². The number of aryl methyl sites for hydroxylation is 1. The molecular formula is C24H38NO7P. The van der Waals surface area contributed by atoms with Gasteiger partial charge in [0.25, 0.3) is 0 Å². The fraction of sp³-hybridized carbons (Fsp3) is 0.708. The quantitative estimate of drug-likeness (QED) is 0.478. The van der Waals surface area contributed by atoms with Crippen LogP contribution in [0.4, 0.5) is 4.79 Å². The SMILES string of the molecule is CC(C)(C)C1CCC(Oc2ccc3c(c2)CC[C@@H]([C@](C)(COP(=O)(O)O)OC(N)=O)C3)CC1. The molecule has 0 heterocycles. The number of primary amides is 1. The lowest BCUT2D eigenvalue weighted by atomic mass is 9.72. The Bertz CT molecular complexity index is 885. The van der Waals surface area contributed by atoms with Crippen LogP contribution in [0.1, 0.15) is 70.9 Å². The van der Waals surface area contributed by atoms with E-state index in [4.69, 9.17) is 25.0 Å². The maximum atomic E-state index is 11.5. The van der Waals surface area contributed by atoms with Crippen LogP contribution in [0.5, 0.6) is 5.75 Å². The third-order valence-corrected chi connectivity index (χ3v) is 7.79. The van der Waals surface area contributed by atoms with Crippen molar-refractivity contribution in [3.8, 4) is 5.75 Å². The highest BCUT2D eigenvalue weighted by Gasteiger charge is 2.41. The number of carbonyl (C=O) groups excluding carboxylic acids is 1. The first-order valence-electron chi connectivity index (χ1n) is 11.7. The molecule has 1 aromatic rings. The lowest BCUT2D eigenvalue weighted by molar-refractivity contribution is -0.0569. The summed E-state index contributed by atoms with van der Waals surface area (Å²) in [4.78, 5) is 29.7. The Morgan fingerprint density at radius 1 is 1.06 bits per heavy atom. The molecule has 186 valence electrons. The zero-order chi connectivity index (χ0) is 24.4. The van der Waals surface area contributed by atoms with Crippen molar-refractivity contribution in [1.29, 1.82) is 0 Å². The van der Waals surface area contributed by atoms with Crippen LogP contribution in [0, 0.1) is 17.3 Å². The molecule has 1 aromatic carbocycles. The van der Waals surface area contributed by atoms with Gasteiger partial charge in [0.2, 0.25) is 0 Å². The Kier molecular flexibility index (Phi) is 7.84. The molecule has 0 aromatic heterocycles. The smallest absolute Gasteiger partial charge is 0.469 e. The largest absolute Gasteiger partial charge is 0.490 e. The number of fused-ring (bicyclic) bond motifs is 1. The van der Waals surface area contributed by atoms with Gasteiger partial charge >= 0.3 is 13.9 Å². The molecule has 1 fully saturated rings. The second-order valence-corrected chi connectivity index (χ2v) is 12.1. The predicted octanol–water partition coefficient (Wildman–Crippen LogP) is 4.74. The fourth-order valence-electron chi connectivity index (χ4n) is 5.24. The van der Waals surface area contributed by atoms with Gasteiger partial charge in [0.15, 0.2) is 0 Å². The normalized spacial score (nSPS) is 25.6. The molecule has 0 aliphatic heterocycles. The minimum atomic E-state index is -4.71. The van der Waals surface area contributed by atoms with Gasteiger partial charge in [-0.1, -0.05) is 26.8 Å². The van der Waals surface area contributed by atoms with E-state index >= 15 is 0 Å². The molecule has 0 spiro atoms. The summed E-state index contributed by atoms with van der Waals surface area (Å²) < 4.78 is 27.5. The first-order chi connectivity index (χ1) is 15.2. The molecule has 2 aliphatic carbocycles. The number of rotatable bonds is 7. The predicted molar refractivity (Wildman–Crippen MR) is 125 cm³/mol. The van der Waals surface area contributed by atoms with E-state index in [2.05, 4.69) is 31.4 Å². The number of carbonyl (C=O) groups is 1. The van der Waals surface area contributed by atoms with Crippen LogP contribution < -0.4 is 10.5 Å². The molecule has 2 aliphatic rings. The first kappa shape index (κ1) is 26.0. The van der Waals surface area contributed by atoms with Crippen molar-refractivity contribution in [1.82, 2.24) is 0 Å². The minimum absolute atomic E-state index is 0.191. The first-order valence-corrected chi connectivity index (χ1v) is 13.3. The molecule has 2 atom stereocenters. The average molecular weight is 484 g/mol. The van der Waals surface area contributed by atoms with E-state index in [1.165, 1.54) is 18.4 Å². The van der Waals surface area contributed by atoms with Gasteiger partial charge in [-0.3, -0.25) is 4.52 Å². The number of hydrogen-bond acceptors (Lipinski definition) is 5. The van der Waals surface area contributed by atoms with Crippen molar-refractivity contribution in [3.05, 3.63) is 29.3 Å². The van der Waals surface area contributed by atoms with Crippen LogP contribution in [-0.2, 0) is 26.7 Å². The number of benzene rings is 1. The van der Waals surface area contributed by atoms with Gasteiger partial charge in [-0.15, -0.1) is 0 Å². The van der Waals surface area contributed by atoms with Crippen LogP contribution in [0.15, 0.2) is 18.2 Å². The fourth-order valence-corrected chi connectivity index (χ4v) is 5.66. The Labute approximate surface area is 196 Å². The Morgan fingerprint density at radius 3 is 2.30 bits per heavy atom. The summed E-state index contributed by atoms with van der Waals surface area (Å²) in [5, 5.41) is 0. The maximum absolute atomic E-state index is 11.5. The molecule has 9 heteroatoms.